The van der Waals surface area contributed by atoms with E-state index in [0.29, 0.717) is 12.8 Å². The second-order valence-electron chi connectivity index (χ2n) is 4.58. The Morgan fingerprint density at radius 1 is 1.30 bits per heavy atom. The lowest BCUT2D eigenvalue weighted by atomic mass is 9.91. The van der Waals surface area contributed by atoms with Crippen LogP contribution in [0.1, 0.15) is 29.6 Å². The molecule has 0 saturated heterocycles. The average Bonchev–Trinajstić information content (AvgIpc) is 2.41. The highest BCUT2D eigenvalue weighted by Gasteiger charge is 2.29. The quantitative estimate of drug-likeness (QED) is 0.523. The maximum absolute atomic E-state index is 12.3. The molecule has 2 rings (SSSR count). The van der Waals surface area contributed by atoms with Crippen molar-refractivity contribution in [3.63, 3.8) is 0 Å². The minimum atomic E-state index is -0.680. The summed E-state index contributed by atoms with van der Waals surface area (Å²) in [5, 5.41) is 10.5. The lowest BCUT2D eigenvalue weighted by Crippen LogP contribution is -2.29. The zero-order valence-corrected chi connectivity index (χ0v) is 12.1. The summed E-state index contributed by atoms with van der Waals surface area (Å²) in [6.07, 6.45) is 2.89. The first-order valence-electron chi connectivity index (χ1n) is 6.21. The van der Waals surface area contributed by atoms with Gasteiger partial charge in [-0.15, -0.1) is 11.8 Å². The molecule has 6 heteroatoms. The fourth-order valence-electron chi connectivity index (χ4n) is 2.22. The van der Waals surface area contributed by atoms with Gasteiger partial charge in [-0.25, -0.2) is 0 Å². The van der Waals surface area contributed by atoms with Crippen molar-refractivity contribution in [3.8, 4) is 0 Å². The number of carbonyl (C=O) groups excluding carboxylic acids is 2. The molecule has 1 aromatic heterocycles. The van der Waals surface area contributed by atoms with Crippen LogP contribution in [0.3, 0.4) is 0 Å². The number of nitrogens with zero attached hydrogens (tertiary/aromatic N) is 1. The van der Waals surface area contributed by atoms with Gasteiger partial charge in [0.25, 0.3) is 5.56 Å². The first kappa shape index (κ1) is 14.6. The SMILES string of the molecule is CSc1ccc(C(=O)C2=C(O)CCCC2=O)c(=O)n1C. The largest absolute Gasteiger partial charge is 0.511 e. The van der Waals surface area contributed by atoms with Crippen LogP contribution in [0.4, 0.5) is 0 Å². The van der Waals surface area contributed by atoms with E-state index in [2.05, 4.69) is 0 Å². The van der Waals surface area contributed by atoms with E-state index in [4.69, 9.17) is 0 Å². The number of thioether (sulfide) groups is 1. The molecule has 0 atom stereocenters. The summed E-state index contributed by atoms with van der Waals surface area (Å²) in [6, 6.07) is 3.07. The zero-order chi connectivity index (χ0) is 14.9. The summed E-state index contributed by atoms with van der Waals surface area (Å²) in [5.74, 6) is -1.28. The molecule has 20 heavy (non-hydrogen) atoms. The predicted molar refractivity (Wildman–Crippen MR) is 76.3 cm³/mol. The van der Waals surface area contributed by atoms with E-state index < -0.39 is 17.1 Å². The number of ketones is 2. The van der Waals surface area contributed by atoms with Crippen LogP contribution in [-0.2, 0) is 11.8 Å². The van der Waals surface area contributed by atoms with Gasteiger partial charge in [-0.2, -0.15) is 0 Å². The summed E-state index contributed by atoms with van der Waals surface area (Å²) in [4.78, 5) is 36.3. The third kappa shape index (κ3) is 2.43. The maximum atomic E-state index is 12.3. The van der Waals surface area contributed by atoms with E-state index in [1.807, 2.05) is 6.26 Å². The van der Waals surface area contributed by atoms with Crippen molar-refractivity contribution in [2.45, 2.75) is 24.3 Å². The van der Waals surface area contributed by atoms with Gasteiger partial charge in [0.15, 0.2) is 5.78 Å². The van der Waals surface area contributed by atoms with Crippen LogP contribution in [0.25, 0.3) is 0 Å². The Bertz CT molecular complexity index is 672. The molecule has 0 amide bonds. The third-order valence-corrected chi connectivity index (χ3v) is 4.15. The average molecular weight is 293 g/mol. The summed E-state index contributed by atoms with van der Waals surface area (Å²) in [5.41, 5.74) is -0.770. The highest BCUT2D eigenvalue weighted by atomic mass is 32.2. The van der Waals surface area contributed by atoms with E-state index >= 15 is 0 Å². The number of carbonyl (C=O) groups is 2. The molecule has 1 heterocycles. The van der Waals surface area contributed by atoms with Gasteiger partial charge in [0.1, 0.15) is 11.3 Å². The van der Waals surface area contributed by atoms with Crippen LogP contribution in [0.5, 0.6) is 0 Å². The van der Waals surface area contributed by atoms with Gasteiger partial charge in [-0.3, -0.25) is 14.4 Å². The van der Waals surface area contributed by atoms with Crippen LogP contribution in [0.15, 0.2) is 33.3 Å². The van der Waals surface area contributed by atoms with Crippen LogP contribution in [-0.4, -0.2) is 27.5 Å². The highest BCUT2D eigenvalue weighted by Crippen LogP contribution is 2.23. The Morgan fingerprint density at radius 2 is 2.00 bits per heavy atom. The number of allylic oxidation sites excluding steroid dienone is 2. The van der Waals surface area contributed by atoms with Gasteiger partial charge in [-0.1, -0.05) is 0 Å². The molecule has 0 bridgehead atoms. The summed E-state index contributed by atoms with van der Waals surface area (Å²) < 4.78 is 1.36. The monoisotopic (exact) mass is 293 g/mol. The van der Waals surface area contributed by atoms with Gasteiger partial charge >= 0.3 is 0 Å². The Hall–Kier alpha value is -1.82. The number of aromatic nitrogens is 1. The molecule has 0 aromatic carbocycles. The standard InChI is InChI=1S/C14H15NO4S/c1-15-11(20-2)7-6-8(14(15)19)13(18)12-9(16)4-3-5-10(12)17/h6-7,16H,3-5H2,1-2H3. The van der Waals surface area contributed by atoms with E-state index in [-0.39, 0.29) is 23.3 Å². The van der Waals surface area contributed by atoms with E-state index in [1.165, 1.54) is 22.4 Å². The Labute approximate surface area is 120 Å². The topological polar surface area (TPSA) is 76.4 Å². The van der Waals surface area contributed by atoms with E-state index in [9.17, 15) is 19.5 Å². The van der Waals surface area contributed by atoms with Crippen LogP contribution in [0, 0.1) is 0 Å². The molecule has 1 aliphatic carbocycles. The molecule has 0 unspecified atom stereocenters. The minimum absolute atomic E-state index is 0.0814. The smallest absolute Gasteiger partial charge is 0.262 e. The van der Waals surface area contributed by atoms with E-state index in [1.54, 1.807) is 13.1 Å². The molecule has 0 aliphatic heterocycles. The molecule has 0 spiro atoms. The predicted octanol–water partition coefficient (Wildman–Crippen LogP) is 1.85. The number of Topliss-reactive ketones (excluding diaryl/α,β-unsaturated/α-hetero) is 2. The number of aliphatic hydroxyl groups excluding tert-OH is 1. The van der Waals surface area contributed by atoms with Crippen molar-refractivity contribution in [2.75, 3.05) is 6.26 Å². The van der Waals surface area contributed by atoms with Crippen molar-refractivity contribution in [1.82, 2.24) is 4.57 Å². The van der Waals surface area contributed by atoms with E-state index in [0.717, 1.165) is 5.03 Å². The summed E-state index contributed by atoms with van der Waals surface area (Å²) in [6.45, 7) is 0. The molecule has 1 aromatic rings. The van der Waals surface area contributed by atoms with Crippen LogP contribution in [0.2, 0.25) is 0 Å². The van der Waals surface area contributed by atoms with Crippen LogP contribution >= 0.6 is 11.8 Å². The van der Waals surface area contributed by atoms with Gasteiger partial charge < -0.3 is 9.67 Å². The number of aliphatic hydroxyl groups is 1. The Balaban J connectivity index is 2.53. The van der Waals surface area contributed by atoms with Gasteiger partial charge in [0.05, 0.1) is 10.6 Å². The second kappa shape index (κ2) is 5.66. The Kier molecular flexibility index (Phi) is 4.13. The number of rotatable bonds is 3. The molecule has 1 N–H and O–H groups in total. The Morgan fingerprint density at radius 3 is 2.60 bits per heavy atom. The molecular formula is C14H15NO4S. The molecule has 0 fully saturated rings. The number of hydrogen-bond donors (Lipinski definition) is 1. The summed E-state index contributed by atoms with van der Waals surface area (Å²) >= 11 is 1.39. The van der Waals surface area contributed by atoms with Crippen molar-refractivity contribution in [2.24, 2.45) is 7.05 Å². The maximum Gasteiger partial charge on any atom is 0.262 e. The molecule has 5 nitrogen and oxygen atoms in total. The number of hydrogen-bond acceptors (Lipinski definition) is 5. The fourth-order valence-corrected chi connectivity index (χ4v) is 2.78. The van der Waals surface area contributed by atoms with Gasteiger partial charge in [-0.05, 0) is 24.8 Å². The normalized spacial score (nSPS) is 15.6. The van der Waals surface area contributed by atoms with Crippen molar-refractivity contribution < 1.29 is 14.7 Å². The minimum Gasteiger partial charge on any atom is -0.511 e. The third-order valence-electron chi connectivity index (χ3n) is 3.32. The van der Waals surface area contributed by atoms with Crippen molar-refractivity contribution in [3.05, 3.63) is 39.4 Å². The van der Waals surface area contributed by atoms with Gasteiger partial charge in [0, 0.05) is 19.9 Å². The lowest BCUT2D eigenvalue weighted by molar-refractivity contribution is -0.116. The highest BCUT2D eigenvalue weighted by molar-refractivity contribution is 7.98. The van der Waals surface area contributed by atoms with Crippen LogP contribution < -0.4 is 5.56 Å². The second-order valence-corrected chi connectivity index (χ2v) is 5.41. The first-order chi connectivity index (χ1) is 9.47. The molecule has 106 valence electrons. The lowest BCUT2D eigenvalue weighted by Gasteiger charge is -2.14. The zero-order valence-electron chi connectivity index (χ0n) is 11.3. The first-order valence-corrected chi connectivity index (χ1v) is 7.44. The fraction of sp³-hybridized carbons (Fsp3) is 0.357. The summed E-state index contributed by atoms with van der Waals surface area (Å²) in [7, 11) is 1.57. The number of pyridine rings is 1. The molecular weight excluding hydrogens is 278 g/mol. The molecule has 1 aliphatic rings. The van der Waals surface area contributed by atoms with Gasteiger partial charge in [0.2, 0.25) is 5.78 Å². The van der Waals surface area contributed by atoms with Crippen molar-refractivity contribution in [1.29, 1.82) is 0 Å². The van der Waals surface area contributed by atoms with Crippen molar-refractivity contribution >= 4 is 23.3 Å². The molecule has 0 saturated carbocycles. The molecule has 0 radical (unpaired) electrons.